The molecule has 2 heterocycles. The molecule has 2 fully saturated rings. The number of piperidine rings is 1. The van der Waals surface area contributed by atoms with Crippen LogP contribution in [0.4, 0.5) is 0 Å². The minimum absolute atomic E-state index is 0.301. The van der Waals surface area contributed by atoms with Gasteiger partial charge in [-0.25, -0.2) is 12.7 Å². The molecule has 2 atom stereocenters. The van der Waals surface area contributed by atoms with Gasteiger partial charge in [-0.15, -0.1) is 0 Å². The summed E-state index contributed by atoms with van der Waals surface area (Å²) in [6, 6.07) is 0.301. The molecule has 0 bridgehead atoms. The zero-order valence-corrected chi connectivity index (χ0v) is 12.3. The zero-order valence-electron chi connectivity index (χ0n) is 11.5. The number of hydrogen-bond donors (Lipinski definition) is 0. The molecule has 0 aromatic carbocycles. The molecule has 18 heavy (non-hydrogen) atoms. The van der Waals surface area contributed by atoms with E-state index in [0.717, 1.165) is 26.2 Å². The molecule has 0 aliphatic carbocycles. The third-order valence-corrected chi connectivity index (χ3v) is 6.37. The Kier molecular flexibility index (Phi) is 4.31. The number of ether oxygens (including phenoxy) is 1. The molecule has 0 unspecified atom stereocenters. The first-order valence-electron chi connectivity index (χ1n) is 6.70. The first kappa shape index (κ1) is 14.2. The third kappa shape index (κ3) is 2.71. The lowest BCUT2D eigenvalue weighted by Crippen LogP contribution is -2.54. The Morgan fingerprint density at radius 2 is 2.00 bits per heavy atom. The van der Waals surface area contributed by atoms with Gasteiger partial charge in [-0.05, 0) is 27.3 Å². The van der Waals surface area contributed by atoms with Crippen LogP contribution in [0.5, 0.6) is 0 Å². The van der Waals surface area contributed by atoms with Crippen molar-refractivity contribution in [3.63, 3.8) is 0 Å². The van der Waals surface area contributed by atoms with Crippen LogP contribution in [0.3, 0.4) is 0 Å². The molecule has 6 heteroatoms. The van der Waals surface area contributed by atoms with Gasteiger partial charge in [-0.3, -0.25) is 4.90 Å². The van der Waals surface area contributed by atoms with Crippen molar-refractivity contribution >= 4 is 10.0 Å². The number of sulfonamides is 1. The van der Waals surface area contributed by atoms with Crippen LogP contribution < -0.4 is 0 Å². The summed E-state index contributed by atoms with van der Waals surface area (Å²) in [6.07, 6.45) is 0.904. The normalized spacial score (nSPS) is 32.2. The second-order valence-electron chi connectivity index (χ2n) is 5.62. The van der Waals surface area contributed by atoms with Gasteiger partial charge < -0.3 is 4.74 Å². The summed E-state index contributed by atoms with van der Waals surface area (Å²) >= 11 is 0. The Bertz CT molecular complexity index is 383. The monoisotopic (exact) mass is 276 g/mol. The van der Waals surface area contributed by atoms with Crippen molar-refractivity contribution in [2.45, 2.75) is 31.6 Å². The van der Waals surface area contributed by atoms with Gasteiger partial charge in [0.2, 0.25) is 10.0 Å². The minimum atomic E-state index is -3.12. The third-order valence-electron chi connectivity index (χ3n) is 4.13. The standard InChI is InChI=1S/C12H24N2O3S/c1-10(2)18(15,16)14-5-4-11-9-17-7-6-13(3)12(11)8-14/h10-12H,4-9H2,1-3H3/t11-,12-/m1/s1. The highest BCUT2D eigenvalue weighted by molar-refractivity contribution is 7.89. The molecular weight excluding hydrogens is 252 g/mol. The first-order valence-corrected chi connectivity index (χ1v) is 8.20. The molecule has 5 nitrogen and oxygen atoms in total. The quantitative estimate of drug-likeness (QED) is 0.731. The van der Waals surface area contributed by atoms with E-state index in [1.54, 1.807) is 18.2 Å². The van der Waals surface area contributed by atoms with Crippen LogP contribution in [0, 0.1) is 5.92 Å². The molecule has 2 saturated heterocycles. The topological polar surface area (TPSA) is 49.9 Å². The van der Waals surface area contributed by atoms with Crippen LogP contribution in [0.2, 0.25) is 0 Å². The van der Waals surface area contributed by atoms with Gasteiger partial charge in [0.1, 0.15) is 0 Å². The minimum Gasteiger partial charge on any atom is -0.380 e. The van der Waals surface area contributed by atoms with Crippen LogP contribution in [0.1, 0.15) is 20.3 Å². The summed E-state index contributed by atoms with van der Waals surface area (Å²) in [7, 11) is -1.05. The molecule has 0 aromatic heterocycles. The highest BCUT2D eigenvalue weighted by atomic mass is 32.2. The van der Waals surface area contributed by atoms with Crippen LogP contribution in [-0.2, 0) is 14.8 Å². The van der Waals surface area contributed by atoms with Crippen molar-refractivity contribution in [3.05, 3.63) is 0 Å². The smallest absolute Gasteiger partial charge is 0.216 e. The van der Waals surface area contributed by atoms with E-state index in [1.165, 1.54) is 0 Å². The number of nitrogens with zero attached hydrogens (tertiary/aromatic N) is 2. The molecular formula is C12H24N2O3S. The summed E-state index contributed by atoms with van der Waals surface area (Å²) < 4.78 is 31.7. The maximum atomic E-state index is 12.2. The average Bonchev–Trinajstić information content (AvgIpc) is 2.51. The van der Waals surface area contributed by atoms with E-state index in [0.29, 0.717) is 25.0 Å². The van der Waals surface area contributed by atoms with Crippen molar-refractivity contribution < 1.29 is 13.2 Å². The zero-order chi connectivity index (χ0) is 13.3. The van der Waals surface area contributed by atoms with E-state index < -0.39 is 10.0 Å². The second kappa shape index (κ2) is 5.45. The Morgan fingerprint density at radius 3 is 2.67 bits per heavy atom. The summed E-state index contributed by atoms with van der Waals surface area (Å²) in [5.41, 5.74) is 0. The lowest BCUT2D eigenvalue weighted by Gasteiger charge is -2.40. The van der Waals surface area contributed by atoms with E-state index in [9.17, 15) is 8.42 Å². The van der Waals surface area contributed by atoms with E-state index in [-0.39, 0.29) is 5.25 Å². The highest BCUT2D eigenvalue weighted by Gasteiger charge is 2.38. The van der Waals surface area contributed by atoms with Crippen LogP contribution in [0.15, 0.2) is 0 Å². The molecule has 0 radical (unpaired) electrons. The van der Waals surface area contributed by atoms with Crippen LogP contribution >= 0.6 is 0 Å². The fourth-order valence-electron chi connectivity index (χ4n) is 2.78. The van der Waals surface area contributed by atoms with E-state index in [4.69, 9.17) is 4.74 Å². The maximum Gasteiger partial charge on any atom is 0.216 e. The van der Waals surface area contributed by atoms with E-state index in [1.807, 2.05) is 0 Å². The van der Waals surface area contributed by atoms with Gasteiger partial charge in [0.05, 0.1) is 18.5 Å². The number of likely N-dealkylation sites (N-methyl/N-ethyl adjacent to an activating group) is 1. The van der Waals surface area contributed by atoms with Crippen molar-refractivity contribution in [3.8, 4) is 0 Å². The Morgan fingerprint density at radius 1 is 1.28 bits per heavy atom. The lowest BCUT2D eigenvalue weighted by molar-refractivity contribution is 0.0858. The highest BCUT2D eigenvalue weighted by Crippen LogP contribution is 2.26. The predicted octanol–water partition coefficient (Wildman–Crippen LogP) is 0.377. The van der Waals surface area contributed by atoms with Gasteiger partial charge in [0.15, 0.2) is 0 Å². The molecule has 0 spiro atoms. The summed E-state index contributed by atoms with van der Waals surface area (Å²) in [6.45, 7) is 7.16. The molecule has 2 aliphatic rings. The predicted molar refractivity (Wildman–Crippen MR) is 71.0 cm³/mol. The van der Waals surface area contributed by atoms with Gasteiger partial charge in [-0.2, -0.15) is 0 Å². The molecule has 0 N–H and O–H groups in total. The second-order valence-corrected chi connectivity index (χ2v) is 8.11. The summed E-state index contributed by atoms with van der Waals surface area (Å²) in [5.74, 6) is 0.469. The van der Waals surface area contributed by atoms with Gasteiger partial charge in [0.25, 0.3) is 0 Å². The molecule has 106 valence electrons. The van der Waals surface area contributed by atoms with Gasteiger partial charge in [0, 0.05) is 31.6 Å². The number of fused-ring (bicyclic) bond motifs is 1. The SMILES string of the molecule is CC(C)S(=O)(=O)N1CC[C@@H]2COCCN(C)[C@@H]2C1. The van der Waals surface area contributed by atoms with Crippen molar-refractivity contribution in [2.24, 2.45) is 5.92 Å². The Labute approximate surface area is 110 Å². The van der Waals surface area contributed by atoms with E-state index in [2.05, 4.69) is 11.9 Å². The summed E-state index contributed by atoms with van der Waals surface area (Å²) in [5, 5.41) is -0.332. The molecule has 0 saturated carbocycles. The maximum absolute atomic E-state index is 12.2. The van der Waals surface area contributed by atoms with Gasteiger partial charge >= 0.3 is 0 Å². The van der Waals surface area contributed by atoms with Crippen molar-refractivity contribution in [2.75, 3.05) is 39.9 Å². The lowest BCUT2D eigenvalue weighted by atomic mass is 9.93. The summed E-state index contributed by atoms with van der Waals surface area (Å²) in [4.78, 5) is 2.25. The van der Waals surface area contributed by atoms with Crippen LogP contribution in [0.25, 0.3) is 0 Å². The fraction of sp³-hybridized carbons (Fsp3) is 1.00. The Hall–Kier alpha value is -0.170. The molecule has 0 aromatic rings. The largest absolute Gasteiger partial charge is 0.380 e. The average molecular weight is 276 g/mol. The van der Waals surface area contributed by atoms with Crippen LogP contribution in [-0.4, -0.2) is 68.8 Å². The van der Waals surface area contributed by atoms with Gasteiger partial charge in [-0.1, -0.05) is 0 Å². The Balaban J connectivity index is 2.12. The first-order chi connectivity index (χ1) is 8.43. The number of rotatable bonds is 2. The number of hydrogen-bond acceptors (Lipinski definition) is 4. The molecule has 2 aliphatic heterocycles. The molecule has 2 rings (SSSR count). The van der Waals surface area contributed by atoms with E-state index >= 15 is 0 Å². The molecule has 0 amide bonds. The van der Waals surface area contributed by atoms with Crippen molar-refractivity contribution in [1.29, 1.82) is 0 Å². The fourth-order valence-corrected chi connectivity index (χ4v) is 4.10. The van der Waals surface area contributed by atoms with Crippen molar-refractivity contribution in [1.82, 2.24) is 9.21 Å².